The lowest BCUT2D eigenvalue weighted by molar-refractivity contribution is -0.00245. The molecule has 0 aliphatic carbocycles. The quantitative estimate of drug-likeness (QED) is 0.559. The maximum Gasteiger partial charge on any atom is 0.0643 e. The van der Waals surface area contributed by atoms with Crippen molar-refractivity contribution in [3.8, 4) is 0 Å². The maximum atomic E-state index is 4.96. The predicted molar refractivity (Wildman–Crippen MR) is 36.1 cm³/mol. The lowest BCUT2D eigenvalue weighted by atomic mass is 10.3. The summed E-state index contributed by atoms with van der Waals surface area (Å²) in [5.41, 5.74) is 0. The first kappa shape index (κ1) is 6.39. The van der Waals surface area contributed by atoms with Crippen molar-refractivity contribution >= 4 is 11.8 Å². The van der Waals surface area contributed by atoms with Crippen LogP contribution in [0.3, 0.4) is 0 Å². The minimum atomic E-state index is 0.641. The molecular weight excluding hydrogens is 122 g/mol. The highest BCUT2D eigenvalue weighted by molar-refractivity contribution is 7.98. The van der Waals surface area contributed by atoms with Crippen LogP contribution >= 0.6 is 11.8 Å². The molecule has 0 aromatic carbocycles. The van der Waals surface area contributed by atoms with Crippen molar-refractivity contribution in [2.45, 2.75) is 6.04 Å². The van der Waals surface area contributed by atoms with Crippen molar-refractivity contribution in [1.29, 1.82) is 0 Å². The molecular formula is C5H11NOS. The van der Waals surface area contributed by atoms with Crippen LogP contribution in [-0.2, 0) is 4.74 Å². The van der Waals surface area contributed by atoms with Gasteiger partial charge in [0.1, 0.15) is 0 Å². The molecule has 1 aliphatic rings. The van der Waals surface area contributed by atoms with Crippen LogP contribution in [0.4, 0.5) is 0 Å². The smallest absolute Gasteiger partial charge is 0.0643 e. The average Bonchev–Trinajstić information content (AvgIpc) is 1.63. The summed E-state index contributed by atoms with van der Waals surface area (Å²) in [4.78, 5) is 0. The summed E-state index contributed by atoms with van der Waals surface area (Å²) in [6.45, 7) is 1.81. The van der Waals surface area contributed by atoms with Gasteiger partial charge in [-0.15, -0.1) is 11.8 Å². The Kier molecular flexibility index (Phi) is 2.66. The summed E-state index contributed by atoms with van der Waals surface area (Å²) in [7, 11) is 0. The first-order valence-electron chi connectivity index (χ1n) is 2.73. The van der Waals surface area contributed by atoms with Crippen LogP contribution < -0.4 is 5.32 Å². The molecule has 0 amide bonds. The van der Waals surface area contributed by atoms with E-state index in [1.165, 1.54) is 0 Å². The summed E-state index contributed by atoms with van der Waals surface area (Å²) in [6.07, 6.45) is 2.09. The van der Waals surface area contributed by atoms with Gasteiger partial charge in [-0.25, -0.2) is 0 Å². The minimum Gasteiger partial charge on any atom is -0.378 e. The average molecular weight is 133 g/mol. The van der Waals surface area contributed by atoms with Gasteiger partial charge < -0.3 is 10.1 Å². The molecule has 0 radical (unpaired) electrons. The third kappa shape index (κ3) is 1.65. The summed E-state index contributed by atoms with van der Waals surface area (Å²) in [5, 5.41) is 3.31. The lowest BCUT2D eigenvalue weighted by Gasteiger charge is -2.26. The van der Waals surface area contributed by atoms with Gasteiger partial charge in [0.2, 0.25) is 0 Å². The summed E-state index contributed by atoms with van der Waals surface area (Å²) < 4.78 is 4.96. The topological polar surface area (TPSA) is 21.3 Å². The molecule has 1 fully saturated rings. The fraction of sp³-hybridized carbons (Fsp3) is 1.00. The zero-order valence-electron chi connectivity index (χ0n) is 5.02. The van der Waals surface area contributed by atoms with E-state index in [1.807, 2.05) is 11.8 Å². The van der Waals surface area contributed by atoms with Crippen LogP contribution in [-0.4, -0.2) is 31.4 Å². The van der Waals surface area contributed by atoms with Crippen LogP contribution in [0.25, 0.3) is 0 Å². The van der Waals surface area contributed by atoms with Gasteiger partial charge >= 0.3 is 0 Å². The molecule has 1 saturated heterocycles. The molecule has 0 aromatic rings. The van der Waals surface area contributed by atoms with E-state index >= 15 is 0 Å². The molecule has 1 N–H and O–H groups in total. The Labute approximate surface area is 54.0 Å². The Balaban J connectivity index is 1.86. The Morgan fingerprint density at radius 3 is 2.88 bits per heavy atom. The monoisotopic (exact) mass is 133 g/mol. The molecule has 0 atom stereocenters. The van der Waals surface area contributed by atoms with E-state index in [2.05, 4.69) is 11.6 Å². The summed E-state index contributed by atoms with van der Waals surface area (Å²) >= 11 is 1.81. The minimum absolute atomic E-state index is 0.641. The van der Waals surface area contributed by atoms with Crippen molar-refractivity contribution in [1.82, 2.24) is 5.32 Å². The molecule has 8 heavy (non-hydrogen) atoms. The fourth-order valence-electron chi connectivity index (χ4n) is 0.555. The van der Waals surface area contributed by atoms with E-state index in [1.54, 1.807) is 0 Å². The van der Waals surface area contributed by atoms with Gasteiger partial charge in [-0.1, -0.05) is 0 Å². The highest BCUT2D eigenvalue weighted by Crippen LogP contribution is 2.00. The molecule has 0 spiro atoms. The van der Waals surface area contributed by atoms with Crippen LogP contribution in [0.5, 0.6) is 0 Å². The van der Waals surface area contributed by atoms with Gasteiger partial charge in [-0.3, -0.25) is 0 Å². The van der Waals surface area contributed by atoms with E-state index < -0.39 is 0 Å². The van der Waals surface area contributed by atoms with Crippen molar-refractivity contribution in [3.63, 3.8) is 0 Å². The first-order valence-corrected chi connectivity index (χ1v) is 4.13. The molecule has 1 aliphatic heterocycles. The SMILES string of the molecule is CSCNC1COC1. The number of rotatable bonds is 3. The third-order valence-electron chi connectivity index (χ3n) is 1.15. The fourth-order valence-corrected chi connectivity index (χ4v) is 0.957. The maximum absolute atomic E-state index is 4.96. The second-order valence-corrected chi connectivity index (χ2v) is 2.74. The predicted octanol–water partition coefficient (Wildman–Crippen LogP) is 0.295. The molecule has 0 aromatic heterocycles. The second kappa shape index (κ2) is 3.33. The number of thioether (sulfide) groups is 1. The van der Waals surface area contributed by atoms with E-state index in [4.69, 9.17) is 4.74 Å². The molecule has 48 valence electrons. The number of hydrogen-bond donors (Lipinski definition) is 1. The molecule has 1 heterocycles. The third-order valence-corrected chi connectivity index (χ3v) is 1.61. The van der Waals surface area contributed by atoms with E-state index in [9.17, 15) is 0 Å². The highest BCUT2D eigenvalue weighted by Gasteiger charge is 2.15. The Bertz CT molecular complexity index is 65.4. The van der Waals surface area contributed by atoms with Crippen molar-refractivity contribution in [2.75, 3.05) is 25.3 Å². The van der Waals surface area contributed by atoms with Crippen LogP contribution in [0, 0.1) is 0 Å². The Morgan fingerprint density at radius 1 is 1.75 bits per heavy atom. The van der Waals surface area contributed by atoms with Gasteiger partial charge in [0.25, 0.3) is 0 Å². The molecule has 0 unspecified atom stereocenters. The summed E-state index contributed by atoms with van der Waals surface area (Å²) in [6, 6.07) is 0.641. The van der Waals surface area contributed by atoms with Crippen LogP contribution in [0.2, 0.25) is 0 Å². The van der Waals surface area contributed by atoms with Gasteiger partial charge in [-0.05, 0) is 6.26 Å². The Hall–Kier alpha value is 0.270. The van der Waals surface area contributed by atoms with E-state index in [-0.39, 0.29) is 0 Å². The number of nitrogens with one attached hydrogen (secondary N) is 1. The standard InChI is InChI=1S/C5H11NOS/c1-8-4-6-5-2-7-3-5/h5-6H,2-4H2,1H3. The van der Waals surface area contributed by atoms with Crippen LogP contribution in [0.1, 0.15) is 0 Å². The van der Waals surface area contributed by atoms with E-state index in [0.29, 0.717) is 6.04 Å². The summed E-state index contributed by atoms with van der Waals surface area (Å²) in [5.74, 6) is 1.05. The molecule has 0 bridgehead atoms. The zero-order chi connectivity index (χ0) is 5.82. The van der Waals surface area contributed by atoms with Crippen molar-refractivity contribution in [2.24, 2.45) is 0 Å². The molecule has 2 nitrogen and oxygen atoms in total. The van der Waals surface area contributed by atoms with Gasteiger partial charge in [-0.2, -0.15) is 0 Å². The first-order chi connectivity index (χ1) is 3.93. The largest absolute Gasteiger partial charge is 0.378 e. The van der Waals surface area contributed by atoms with Crippen molar-refractivity contribution in [3.05, 3.63) is 0 Å². The van der Waals surface area contributed by atoms with Gasteiger partial charge in [0.15, 0.2) is 0 Å². The molecule has 3 heteroatoms. The van der Waals surface area contributed by atoms with Gasteiger partial charge in [0, 0.05) is 5.88 Å². The van der Waals surface area contributed by atoms with E-state index in [0.717, 1.165) is 19.1 Å². The molecule has 1 rings (SSSR count). The number of ether oxygens (including phenoxy) is 1. The van der Waals surface area contributed by atoms with Crippen molar-refractivity contribution < 1.29 is 4.74 Å². The Morgan fingerprint density at radius 2 is 2.50 bits per heavy atom. The molecule has 0 saturated carbocycles. The second-order valence-electron chi connectivity index (χ2n) is 1.87. The zero-order valence-corrected chi connectivity index (χ0v) is 5.83. The lowest BCUT2D eigenvalue weighted by Crippen LogP contribution is -2.45. The normalized spacial score (nSPS) is 20.6. The number of hydrogen-bond acceptors (Lipinski definition) is 3. The van der Waals surface area contributed by atoms with Crippen LogP contribution in [0.15, 0.2) is 0 Å². The van der Waals surface area contributed by atoms with Gasteiger partial charge in [0.05, 0.1) is 19.3 Å². The highest BCUT2D eigenvalue weighted by atomic mass is 32.2.